The highest BCUT2D eigenvalue weighted by atomic mass is 32.2. The molecule has 0 N–H and O–H groups in total. The van der Waals surface area contributed by atoms with Crippen molar-refractivity contribution in [3.8, 4) is 0 Å². The highest BCUT2D eigenvalue weighted by Gasteiger charge is 2.42. The van der Waals surface area contributed by atoms with Crippen molar-refractivity contribution >= 4 is 27.1 Å². The lowest BCUT2D eigenvalue weighted by atomic mass is 9.90. The molecule has 0 aliphatic carbocycles. The average Bonchev–Trinajstić information content (AvgIpc) is 3.32. The van der Waals surface area contributed by atoms with Crippen LogP contribution in [0.2, 0.25) is 0 Å². The number of amides is 1. The number of rotatable bonds is 5. The fourth-order valence-electron chi connectivity index (χ4n) is 6.21. The zero-order chi connectivity index (χ0) is 29.7. The number of hydrogen-bond donors (Lipinski definition) is 0. The minimum Gasteiger partial charge on any atom is -0.378 e. The van der Waals surface area contributed by atoms with Crippen LogP contribution in [0.1, 0.15) is 60.6 Å². The molecule has 0 radical (unpaired) electrons. The first-order valence-corrected chi connectivity index (χ1v) is 15.4. The summed E-state index contributed by atoms with van der Waals surface area (Å²) >= 11 is 0. The maximum atomic E-state index is 14.1. The lowest BCUT2D eigenvalue weighted by Gasteiger charge is -2.35. The number of sulfonamides is 1. The second kappa shape index (κ2) is 10.9. The van der Waals surface area contributed by atoms with Crippen LogP contribution in [0, 0.1) is 11.8 Å². The Hall–Kier alpha value is -3.12. The van der Waals surface area contributed by atoms with Crippen LogP contribution in [0.5, 0.6) is 0 Å². The third-order valence-corrected chi connectivity index (χ3v) is 10.1. The molecule has 2 aromatic heterocycles. The molecular weight excluding hydrogens is 555 g/mol. The summed E-state index contributed by atoms with van der Waals surface area (Å²) < 4.78 is 71.3. The predicted octanol–water partition coefficient (Wildman–Crippen LogP) is 5.11. The van der Waals surface area contributed by atoms with Crippen LogP contribution < -0.4 is 4.90 Å². The Morgan fingerprint density at radius 2 is 1.61 bits per heavy atom. The maximum absolute atomic E-state index is 14.1. The molecule has 8 nitrogen and oxygen atoms in total. The van der Waals surface area contributed by atoms with Crippen LogP contribution in [0.4, 0.5) is 18.9 Å². The van der Waals surface area contributed by atoms with Crippen molar-refractivity contribution < 1.29 is 26.4 Å². The highest BCUT2D eigenvalue weighted by molar-refractivity contribution is 7.89. The zero-order valence-electron chi connectivity index (χ0n) is 23.7. The van der Waals surface area contributed by atoms with Gasteiger partial charge in [0.05, 0.1) is 16.0 Å². The van der Waals surface area contributed by atoms with Gasteiger partial charge in [0.1, 0.15) is 0 Å². The van der Waals surface area contributed by atoms with Crippen LogP contribution in [-0.2, 0) is 16.2 Å². The summed E-state index contributed by atoms with van der Waals surface area (Å²) in [6, 6.07) is 10.1. The Morgan fingerprint density at radius 1 is 1.00 bits per heavy atom. The number of fused-ring (bicyclic) bond motifs is 1. The second-order valence-corrected chi connectivity index (χ2v) is 13.7. The fourth-order valence-corrected chi connectivity index (χ4v) is 7.68. The summed E-state index contributed by atoms with van der Waals surface area (Å²) in [6.07, 6.45) is -1.38. The number of anilines is 1. The van der Waals surface area contributed by atoms with E-state index in [0.29, 0.717) is 25.9 Å². The standard InChI is InChI=1S/C29H36F3N5O3S/c1-19-15-20(2)18-35(17-19)28(38)26-25-16-22(11-14-37(25)33-27(26)29(30,31)32)21-9-12-36(13-10-21)41(39,40)24-7-5-23(6-8-24)34(3)4/h5-8,11,14,16,19-21H,9-10,12-13,15,17-18H2,1-4H3. The minimum absolute atomic E-state index is 0.0650. The molecule has 5 rings (SSSR count). The van der Waals surface area contributed by atoms with Gasteiger partial charge in [-0.15, -0.1) is 0 Å². The summed E-state index contributed by atoms with van der Waals surface area (Å²) in [6.45, 7) is 5.39. The van der Waals surface area contributed by atoms with Crippen LogP contribution in [0.25, 0.3) is 5.52 Å². The second-order valence-electron chi connectivity index (χ2n) is 11.7. The number of carbonyl (C=O) groups is 1. The van der Waals surface area contributed by atoms with Gasteiger partial charge >= 0.3 is 6.18 Å². The molecule has 0 saturated carbocycles. The number of halogens is 3. The third-order valence-electron chi connectivity index (χ3n) is 8.21. The molecule has 12 heteroatoms. The van der Waals surface area contributed by atoms with Crippen molar-refractivity contribution in [3.05, 3.63) is 59.4 Å². The van der Waals surface area contributed by atoms with E-state index in [1.807, 2.05) is 32.8 Å². The van der Waals surface area contributed by atoms with E-state index in [9.17, 15) is 26.4 Å². The first kappa shape index (κ1) is 29.4. The van der Waals surface area contributed by atoms with Gasteiger partial charge in [0.15, 0.2) is 5.69 Å². The minimum atomic E-state index is -4.78. The van der Waals surface area contributed by atoms with Crippen molar-refractivity contribution in [1.82, 2.24) is 18.8 Å². The van der Waals surface area contributed by atoms with Gasteiger partial charge in [0.2, 0.25) is 10.0 Å². The van der Waals surface area contributed by atoms with Gasteiger partial charge in [-0.25, -0.2) is 12.9 Å². The quantitative estimate of drug-likeness (QED) is 0.413. The summed E-state index contributed by atoms with van der Waals surface area (Å²) in [4.78, 5) is 17.2. The fraction of sp³-hybridized carbons (Fsp3) is 0.517. The van der Waals surface area contributed by atoms with E-state index >= 15 is 0 Å². The molecule has 2 aliphatic rings. The molecular formula is C29H36F3N5O3S. The third kappa shape index (κ3) is 5.81. The summed E-state index contributed by atoms with van der Waals surface area (Å²) in [7, 11) is 0.0922. The molecule has 41 heavy (non-hydrogen) atoms. The molecule has 1 amide bonds. The van der Waals surface area contributed by atoms with Crippen molar-refractivity contribution in [3.63, 3.8) is 0 Å². The molecule has 3 aromatic rings. The number of nitrogens with zero attached hydrogens (tertiary/aromatic N) is 5. The largest absolute Gasteiger partial charge is 0.436 e. The maximum Gasteiger partial charge on any atom is 0.436 e. The molecule has 4 heterocycles. The Morgan fingerprint density at radius 3 is 2.17 bits per heavy atom. The van der Waals surface area contributed by atoms with Gasteiger partial charge in [-0.3, -0.25) is 4.79 Å². The van der Waals surface area contributed by atoms with E-state index in [1.54, 1.807) is 36.4 Å². The molecule has 2 unspecified atom stereocenters. The van der Waals surface area contributed by atoms with Crippen LogP contribution in [0.3, 0.4) is 0 Å². The van der Waals surface area contributed by atoms with Crippen LogP contribution in [-0.4, -0.2) is 73.4 Å². The monoisotopic (exact) mass is 591 g/mol. The Kier molecular flexibility index (Phi) is 7.84. The molecule has 1 aromatic carbocycles. The van der Waals surface area contributed by atoms with Crippen LogP contribution in [0.15, 0.2) is 47.5 Å². The first-order valence-electron chi connectivity index (χ1n) is 13.9. The van der Waals surface area contributed by atoms with Gasteiger partial charge in [-0.2, -0.15) is 22.6 Å². The van der Waals surface area contributed by atoms with E-state index in [2.05, 4.69) is 5.10 Å². The van der Waals surface area contributed by atoms with E-state index in [4.69, 9.17) is 0 Å². The summed E-state index contributed by atoms with van der Waals surface area (Å²) in [5.41, 5.74) is 0.206. The normalized spacial score (nSPS) is 21.4. The average molecular weight is 592 g/mol. The zero-order valence-corrected chi connectivity index (χ0v) is 24.5. The van der Waals surface area contributed by atoms with Crippen molar-refractivity contribution in [2.24, 2.45) is 11.8 Å². The lowest BCUT2D eigenvalue weighted by molar-refractivity contribution is -0.141. The predicted molar refractivity (Wildman–Crippen MR) is 151 cm³/mol. The van der Waals surface area contributed by atoms with Crippen molar-refractivity contribution in [1.29, 1.82) is 0 Å². The van der Waals surface area contributed by atoms with Gasteiger partial charge in [0, 0.05) is 52.2 Å². The highest BCUT2D eigenvalue weighted by Crippen LogP contribution is 2.37. The van der Waals surface area contributed by atoms with E-state index in [1.165, 1.54) is 15.4 Å². The van der Waals surface area contributed by atoms with Gasteiger partial charge in [-0.05, 0) is 79.0 Å². The Labute approximate surface area is 238 Å². The molecule has 0 spiro atoms. The summed E-state index contributed by atoms with van der Waals surface area (Å²) in [5.74, 6) is -0.322. The molecule has 2 aliphatic heterocycles. The lowest BCUT2D eigenvalue weighted by Crippen LogP contribution is -2.43. The Bertz CT molecular complexity index is 1520. The molecule has 2 fully saturated rings. The smallest absolute Gasteiger partial charge is 0.378 e. The molecule has 2 atom stereocenters. The van der Waals surface area contributed by atoms with Crippen molar-refractivity contribution in [2.45, 2.75) is 50.1 Å². The number of benzene rings is 1. The number of carbonyl (C=O) groups excluding carboxylic acids is 1. The van der Waals surface area contributed by atoms with Crippen LogP contribution >= 0.6 is 0 Å². The topological polar surface area (TPSA) is 78.2 Å². The number of pyridine rings is 1. The van der Waals surface area contributed by atoms with Gasteiger partial charge in [0.25, 0.3) is 5.91 Å². The number of hydrogen-bond acceptors (Lipinski definition) is 5. The van der Waals surface area contributed by atoms with E-state index in [0.717, 1.165) is 22.2 Å². The number of likely N-dealkylation sites (tertiary alicyclic amines) is 1. The number of alkyl halides is 3. The molecule has 2 saturated heterocycles. The van der Waals surface area contributed by atoms with E-state index < -0.39 is 33.4 Å². The summed E-state index contributed by atoms with van der Waals surface area (Å²) in [5, 5.41) is 3.77. The molecule has 222 valence electrons. The number of aromatic nitrogens is 2. The van der Waals surface area contributed by atoms with Gasteiger partial charge < -0.3 is 9.80 Å². The first-order chi connectivity index (χ1) is 19.3. The van der Waals surface area contributed by atoms with Crippen molar-refractivity contribution in [2.75, 3.05) is 45.2 Å². The molecule has 0 bridgehead atoms. The van der Waals surface area contributed by atoms with E-state index in [-0.39, 0.29) is 41.3 Å². The number of piperidine rings is 2. The van der Waals surface area contributed by atoms with Gasteiger partial charge in [-0.1, -0.05) is 13.8 Å². The Balaban J connectivity index is 1.40. The SMILES string of the molecule is CC1CC(C)CN(C(=O)c2c(C(F)(F)F)nn3ccc(C4CCN(S(=O)(=O)c5ccc(N(C)C)cc5)CC4)cc23)C1.